The van der Waals surface area contributed by atoms with Gasteiger partial charge in [0.2, 0.25) is 0 Å². The Morgan fingerprint density at radius 3 is 2.91 bits per heavy atom. The van der Waals surface area contributed by atoms with Crippen molar-refractivity contribution in [3.8, 4) is 0 Å². The van der Waals surface area contributed by atoms with Crippen LogP contribution in [0.25, 0.3) is 10.9 Å². The van der Waals surface area contributed by atoms with Crippen molar-refractivity contribution in [2.45, 2.75) is 0 Å². The summed E-state index contributed by atoms with van der Waals surface area (Å²) in [5, 5.41) is 0.880. The van der Waals surface area contributed by atoms with Crippen LogP contribution in [0, 0.1) is 5.82 Å². The number of aromatic nitrogens is 1. The zero-order valence-electron chi connectivity index (χ0n) is 5.57. The van der Waals surface area contributed by atoms with E-state index in [1.165, 1.54) is 6.07 Å². The predicted octanol–water partition coefficient (Wildman–Crippen LogP) is 3.07. The number of rotatable bonds is 0. The molecule has 0 fully saturated rings. The molecule has 0 aliphatic heterocycles. The summed E-state index contributed by atoms with van der Waals surface area (Å²) in [4.78, 5) is 2.83. The smallest absolute Gasteiger partial charge is 0.147 e. The first-order valence-corrected chi connectivity index (χ1v) is 3.99. The Bertz CT molecular complexity index is 394. The van der Waals surface area contributed by atoms with Gasteiger partial charge in [-0.05, 0) is 22.0 Å². The molecule has 0 saturated heterocycles. The Kier molecular flexibility index (Phi) is 1.46. The maximum atomic E-state index is 12.9. The fourth-order valence-electron chi connectivity index (χ4n) is 1.08. The fraction of sp³-hybridized carbons (Fsp3) is 0. The van der Waals surface area contributed by atoms with Gasteiger partial charge in [-0.3, -0.25) is 0 Å². The van der Waals surface area contributed by atoms with Crippen LogP contribution in [0.5, 0.6) is 0 Å². The molecule has 0 bridgehead atoms. The maximum absolute atomic E-state index is 12.9. The SMILES string of the molecule is Fc1cccc2c(Br)c[nH]c12. The van der Waals surface area contributed by atoms with Crippen LogP contribution in [0.4, 0.5) is 4.39 Å². The van der Waals surface area contributed by atoms with E-state index >= 15 is 0 Å². The lowest BCUT2D eigenvalue weighted by atomic mass is 10.2. The third kappa shape index (κ3) is 0.959. The van der Waals surface area contributed by atoms with Crippen molar-refractivity contribution in [2.75, 3.05) is 0 Å². The average Bonchev–Trinajstić information content (AvgIpc) is 2.35. The molecule has 3 heteroatoms. The molecule has 56 valence electrons. The van der Waals surface area contributed by atoms with Crippen LogP contribution in [-0.4, -0.2) is 4.98 Å². The van der Waals surface area contributed by atoms with Crippen LogP contribution in [0.3, 0.4) is 0 Å². The number of halogens is 2. The topological polar surface area (TPSA) is 15.8 Å². The number of para-hydroxylation sites is 1. The number of hydrogen-bond acceptors (Lipinski definition) is 0. The van der Waals surface area contributed by atoms with Crippen molar-refractivity contribution in [2.24, 2.45) is 0 Å². The van der Waals surface area contributed by atoms with Gasteiger partial charge in [-0.15, -0.1) is 0 Å². The van der Waals surface area contributed by atoms with Crippen LogP contribution < -0.4 is 0 Å². The molecule has 0 aliphatic rings. The molecule has 2 rings (SSSR count). The first kappa shape index (κ1) is 6.85. The molecule has 1 aromatic carbocycles. The predicted molar refractivity (Wildman–Crippen MR) is 46.0 cm³/mol. The standard InChI is InChI=1S/C8H5BrFN/c9-6-4-11-8-5(6)2-1-3-7(8)10/h1-4,11H. The van der Waals surface area contributed by atoms with Crippen molar-refractivity contribution in [1.82, 2.24) is 4.98 Å². The monoisotopic (exact) mass is 213 g/mol. The normalized spacial score (nSPS) is 10.7. The summed E-state index contributed by atoms with van der Waals surface area (Å²) in [6, 6.07) is 4.99. The lowest BCUT2D eigenvalue weighted by Gasteiger charge is -1.90. The highest BCUT2D eigenvalue weighted by Crippen LogP contribution is 2.24. The molecule has 0 aliphatic carbocycles. The lowest BCUT2D eigenvalue weighted by Crippen LogP contribution is -1.74. The van der Waals surface area contributed by atoms with E-state index in [2.05, 4.69) is 20.9 Å². The number of fused-ring (bicyclic) bond motifs is 1. The van der Waals surface area contributed by atoms with Gasteiger partial charge in [-0.2, -0.15) is 0 Å². The molecule has 1 aromatic heterocycles. The van der Waals surface area contributed by atoms with Gasteiger partial charge in [0.25, 0.3) is 0 Å². The lowest BCUT2D eigenvalue weighted by molar-refractivity contribution is 0.637. The van der Waals surface area contributed by atoms with Gasteiger partial charge < -0.3 is 4.98 Å². The minimum absolute atomic E-state index is 0.215. The first-order chi connectivity index (χ1) is 5.29. The molecule has 0 amide bonds. The fourth-order valence-corrected chi connectivity index (χ4v) is 1.53. The van der Waals surface area contributed by atoms with Crippen molar-refractivity contribution in [3.63, 3.8) is 0 Å². The van der Waals surface area contributed by atoms with Gasteiger partial charge in [0.05, 0.1) is 5.52 Å². The number of nitrogens with one attached hydrogen (secondary N) is 1. The Labute approximate surface area is 71.4 Å². The molecule has 0 saturated carbocycles. The van der Waals surface area contributed by atoms with Gasteiger partial charge in [0.15, 0.2) is 0 Å². The Hall–Kier alpha value is -0.830. The largest absolute Gasteiger partial charge is 0.358 e. The van der Waals surface area contributed by atoms with Crippen LogP contribution in [0.2, 0.25) is 0 Å². The van der Waals surface area contributed by atoms with Crippen molar-refractivity contribution < 1.29 is 4.39 Å². The summed E-state index contributed by atoms with van der Waals surface area (Å²) in [6.07, 6.45) is 1.73. The van der Waals surface area contributed by atoms with E-state index in [-0.39, 0.29) is 5.82 Å². The second-order valence-electron chi connectivity index (χ2n) is 2.30. The highest BCUT2D eigenvalue weighted by atomic mass is 79.9. The summed E-state index contributed by atoms with van der Waals surface area (Å²) in [5.74, 6) is -0.215. The van der Waals surface area contributed by atoms with Gasteiger partial charge in [-0.1, -0.05) is 12.1 Å². The van der Waals surface area contributed by atoms with Gasteiger partial charge in [0.1, 0.15) is 5.82 Å². The maximum Gasteiger partial charge on any atom is 0.147 e. The number of H-pyrrole nitrogens is 1. The quantitative estimate of drug-likeness (QED) is 0.693. The number of benzene rings is 1. The van der Waals surface area contributed by atoms with E-state index < -0.39 is 0 Å². The Balaban J connectivity index is 2.94. The van der Waals surface area contributed by atoms with E-state index in [1.54, 1.807) is 12.3 Å². The number of aromatic amines is 1. The van der Waals surface area contributed by atoms with E-state index in [4.69, 9.17) is 0 Å². The van der Waals surface area contributed by atoms with Crippen molar-refractivity contribution in [3.05, 3.63) is 34.7 Å². The van der Waals surface area contributed by atoms with E-state index in [9.17, 15) is 4.39 Å². The molecule has 11 heavy (non-hydrogen) atoms. The van der Waals surface area contributed by atoms with Crippen LogP contribution in [-0.2, 0) is 0 Å². The van der Waals surface area contributed by atoms with Crippen LogP contribution in [0.1, 0.15) is 0 Å². The highest BCUT2D eigenvalue weighted by molar-refractivity contribution is 9.10. The van der Waals surface area contributed by atoms with Crippen molar-refractivity contribution in [1.29, 1.82) is 0 Å². The molecule has 0 spiro atoms. The molecular formula is C8H5BrFN. The van der Waals surface area contributed by atoms with Crippen molar-refractivity contribution >= 4 is 26.8 Å². The van der Waals surface area contributed by atoms with Gasteiger partial charge in [-0.25, -0.2) is 4.39 Å². The molecule has 0 atom stereocenters. The molecule has 0 radical (unpaired) electrons. The molecule has 1 nitrogen and oxygen atoms in total. The third-order valence-corrected chi connectivity index (χ3v) is 2.27. The third-order valence-electron chi connectivity index (χ3n) is 1.61. The van der Waals surface area contributed by atoms with E-state index in [1.807, 2.05) is 6.07 Å². The average molecular weight is 214 g/mol. The Morgan fingerprint density at radius 2 is 2.18 bits per heavy atom. The van der Waals surface area contributed by atoms with Crippen LogP contribution >= 0.6 is 15.9 Å². The molecule has 1 N–H and O–H groups in total. The minimum Gasteiger partial charge on any atom is -0.358 e. The minimum atomic E-state index is -0.215. The van der Waals surface area contributed by atoms with E-state index in [0.29, 0.717) is 5.52 Å². The summed E-state index contributed by atoms with van der Waals surface area (Å²) in [5.41, 5.74) is 0.555. The molecule has 0 unspecified atom stereocenters. The zero-order valence-corrected chi connectivity index (χ0v) is 7.15. The Morgan fingerprint density at radius 1 is 1.36 bits per heavy atom. The van der Waals surface area contributed by atoms with Gasteiger partial charge >= 0.3 is 0 Å². The summed E-state index contributed by atoms with van der Waals surface area (Å²) in [6.45, 7) is 0. The zero-order chi connectivity index (χ0) is 7.84. The second kappa shape index (κ2) is 2.34. The van der Waals surface area contributed by atoms with E-state index in [0.717, 1.165) is 9.86 Å². The highest BCUT2D eigenvalue weighted by Gasteiger charge is 2.03. The summed E-state index contributed by atoms with van der Waals surface area (Å²) >= 11 is 3.30. The van der Waals surface area contributed by atoms with Crippen LogP contribution in [0.15, 0.2) is 28.9 Å². The number of hydrogen-bond donors (Lipinski definition) is 1. The first-order valence-electron chi connectivity index (χ1n) is 3.20. The molecule has 1 heterocycles. The van der Waals surface area contributed by atoms with Gasteiger partial charge in [0, 0.05) is 16.1 Å². The summed E-state index contributed by atoms with van der Waals surface area (Å²) < 4.78 is 13.8. The second-order valence-corrected chi connectivity index (χ2v) is 3.15. The molecule has 2 aromatic rings. The molecular weight excluding hydrogens is 209 g/mol. The summed E-state index contributed by atoms with van der Waals surface area (Å²) in [7, 11) is 0.